The van der Waals surface area contributed by atoms with Crippen molar-refractivity contribution >= 4 is 53.3 Å². The van der Waals surface area contributed by atoms with E-state index in [1.807, 2.05) is 71.1 Å². The molecule has 8 rings (SSSR count). The fraction of sp³-hybridized carbons (Fsp3) is 0.676. The second-order valence-corrected chi connectivity index (χ2v) is 27.5. The van der Waals surface area contributed by atoms with Gasteiger partial charge in [-0.1, -0.05) is 71.1 Å². The molecule has 2 aromatic rings. The minimum absolute atomic E-state index is 0.00493. The predicted molar refractivity (Wildman–Crippen MR) is 358 cm³/mol. The second-order valence-electron chi connectivity index (χ2n) is 27.5. The highest BCUT2D eigenvalue weighted by Gasteiger charge is 2.53. The summed E-state index contributed by atoms with van der Waals surface area (Å²) in [5.74, 6) is -8.35. The molecule has 97 heavy (non-hydrogen) atoms. The van der Waals surface area contributed by atoms with E-state index in [0.29, 0.717) is 95.2 Å². The smallest absolute Gasteiger partial charge is 0.410 e. The number of anilines is 2. The Bertz CT molecular complexity index is 3200. The number of aliphatic hydroxyl groups excluding tert-OH is 1. The summed E-state index contributed by atoms with van der Waals surface area (Å²) in [5.41, 5.74) is 3.08. The molecule has 0 radical (unpaired) electrons. The number of fused-ring (bicyclic) bond motifs is 4. The number of piperidine rings is 1. The molecule has 7 heterocycles. The molecule has 4 N–H and O–H groups in total. The van der Waals surface area contributed by atoms with Gasteiger partial charge in [-0.05, 0) is 107 Å². The first-order valence-corrected chi connectivity index (χ1v) is 34.4. The van der Waals surface area contributed by atoms with Crippen molar-refractivity contribution in [1.82, 2.24) is 35.1 Å². The van der Waals surface area contributed by atoms with Gasteiger partial charge in [-0.2, -0.15) is 0 Å². The number of ether oxygens (including phenoxy) is 7. The summed E-state index contributed by atoms with van der Waals surface area (Å²) in [6.07, 6.45) is 15.1. The number of carbonyl (C=O) groups excluding carboxylic acids is 6. The van der Waals surface area contributed by atoms with Crippen LogP contribution >= 0.6 is 0 Å². The van der Waals surface area contributed by atoms with E-state index in [1.54, 1.807) is 56.1 Å². The molecule has 26 nitrogen and oxygen atoms in total. The SMILES string of the molecule is CNC(=O)c1cnc(N2CCN(c3ncc4c(n3)CCN(C(=O)O[C@@H]3CC[C@@H](C[C@@H](C)[C@@H]5C[C@@H](OC)[C@H](C)/C=C(\C)[C@@H](O)[C@@H](OC)C(=O)[C@H](C)C[C@H](C)/C=C/C=C/C=C(\C)[C@@H](OC)C[C@@H]6CC[C@@H](C)[C@@](O)(O6)C(=O)C(=O)N6CCCC[C@H]6C(=O)O5)C[C@H]3OC)C4)C[C@@H]2C(=O)O)nc1. The Morgan fingerprint density at radius 3 is 2.21 bits per heavy atom. The lowest BCUT2D eigenvalue weighted by molar-refractivity contribution is -0.265. The minimum Gasteiger partial charge on any atom is -0.480 e. The van der Waals surface area contributed by atoms with Crippen LogP contribution < -0.4 is 15.1 Å². The number of rotatable bonds is 12. The maximum Gasteiger partial charge on any atom is 0.410 e. The fourth-order valence-corrected chi connectivity index (χ4v) is 14.6. The van der Waals surface area contributed by atoms with Crippen molar-refractivity contribution in [3.05, 3.63) is 83.0 Å². The number of aliphatic hydroxyl groups is 2. The van der Waals surface area contributed by atoms with Gasteiger partial charge in [-0.3, -0.25) is 19.2 Å². The fourth-order valence-electron chi connectivity index (χ4n) is 14.6. The number of nitrogens with one attached hydrogen (secondary N) is 1. The first kappa shape index (κ1) is 75.7. The molecule has 26 heteroatoms. The molecule has 0 unspecified atom stereocenters. The molecule has 2 bridgehead atoms. The van der Waals surface area contributed by atoms with Gasteiger partial charge in [0.2, 0.25) is 17.7 Å². The highest BCUT2D eigenvalue weighted by atomic mass is 16.6. The number of allylic oxidation sites excluding steroid dienone is 5. The molecule has 1 aliphatic carbocycles. The second kappa shape index (κ2) is 34.6. The average Bonchev–Trinajstić information content (AvgIpc) is 0.786. The third-order valence-corrected chi connectivity index (χ3v) is 20.7. The third kappa shape index (κ3) is 18.6. The number of aliphatic carboxylic acids is 1. The molecule has 0 spiro atoms. The molecule has 1 saturated carbocycles. The highest BCUT2D eigenvalue weighted by molar-refractivity contribution is 6.39. The van der Waals surface area contributed by atoms with Gasteiger partial charge in [0.15, 0.2) is 5.78 Å². The number of ketones is 2. The van der Waals surface area contributed by atoms with Crippen LogP contribution in [-0.2, 0) is 70.1 Å². The van der Waals surface area contributed by atoms with Crippen molar-refractivity contribution in [2.24, 2.45) is 35.5 Å². The average molecular weight is 1350 g/mol. The molecule has 6 aliphatic rings. The Labute approximate surface area is 569 Å². The van der Waals surface area contributed by atoms with E-state index < -0.39 is 114 Å². The normalized spacial score (nSPS) is 34.0. The number of methoxy groups -OCH3 is 4. The van der Waals surface area contributed by atoms with E-state index in [0.717, 1.165) is 16.8 Å². The zero-order valence-corrected chi connectivity index (χ0v) is 58.5. The zero-order valence-electron chi connectivity index (χ0n) is 58.5. The summed E-state index contributed by atoms with van der Waals surface area (Å²) in [6.45, 7) is 14.4. The van der Waals surface area contributed by atoms with Gasteiger partial charge in [0.25, 0.3) is 17.6 Å². The summed E-state index contributed by atoms with van der Waals surface area (Å²) in [7, 11) is 7.63. The number of piperazine rings is 1. The van der Waals surface area contributed by atoms with E-state index in [1.165, 1.54) is 31.5 Å². The summed E-state index contributed by atoms with van der Waals surface area (Å²) < 4.78 is 43.0. The van der Waals surface area contributed by atoms with E-state index in [4.69, 9.17) is 38.1 Å². The molecule has 2 aromatic heterocycles. The van der Waals surface area contributed by atoms with Crippen LogP contribution in [0.1, 0.15) is 147 Å². The standard InChI is InChI=1S/C71H103N9O17/c1-41-18-14-13-15-19-42(2)56(91-9)34-51-23-21-47(7)71(90,97-51)63(83)65(85)79-26-17-16-20-53(79)67(88)95-58(35-57(92-10)43(3)31-46(6)61(82)62(94-12)60(81)45(5)30-41)44(4)32-48-22-24-55(59(33-48)93-11)96-70(89)78-27-25-52-50(39-78)38-75-69(76-52)77-28-29-80(54(40-77)66(86)87)68-73-36-49(37-74-68)64(84)72-8/h13-15,18-19,31,36-38,41,43-45,47-48,51,53-59,61-62,82,90H,16-17,20-30,32-35,39-40H2,1-12H3,(H,72,84)(H,86,87)/b15-13+,18-14+,42-19+,46-31+/t41-,43-,44-,45-,47-,48+,51+,53+,54-,55-,56+,57-,58+,59-,61-,62+,71-/m1/s1. The first-order valence-electron chi connectivity index (χ1n) is 34.4. The number of esters is 1. The number of nitrogens with zero attached hydrogens (tertiary/aromatic N) is 8. The summed E-state index contributed by atoms with van der Waals surface area (Å²) in [6, 6.07) is -2.18. The van der Waals surface area contributed by atoms with Gasteiger partial charge in [0, 0.05) is 123 Å². The van der Waals surface area contributed by atoms with Crippen molar-refractivity contribution in [1.29, 1.82) is 0 Å². The van der Waals surface area contributed by atoms with E-state index in [2.05, 4.69) is 20.3 Å². The maximum absolute atomic E-state index is 15.0. The lowest BCUT2D eigenvalue weighted by atomic mass is 9.78. The van der Waals surface area contributed by atoms with Crippen molar-refractivity contribution in [3.8, 4) is 0 Å². The Hall–Kier alpha value is -7.07. The number of carboxylic acid groups (broad SMARTS) is 1. The Morgan fingerprint density at radius 1 is 0.784 bits per heavy atom. The Balaban J connectivity index is 0.963. The summed E-state index contributed by atoms with van der Waals surface area (Å²) >= 11 is 0. The van der Waals surface area contributed by atoms with Crippen molar-refractivity contribution < 1.29 is 82.0 Å². The number of carboxylic acids is 1. The molecule has 0 aromatic carbocycles. The van der Waals surface area contributed by atoms with Gasteiger partial charge in [-0.15, -0.1) is 0 Å². The largest absolute Gasteiger partial charge is 0.480 e. The lowest BCUT2D eigenvalue weighted by Crippen LogP contribution is -2.61. The molecule has 4 fully saturated rings. The number of carbonyl (C=O) groups is 7. The summed E-state index contributed by atoms with van der Waals surface area (Å²) in [5, 5.41) is 36.8. The predicted octanol–water partition coefficient (Wildman–Crippen LogP) is 6.55. The van der Waals surface area contributed by atoms with Gasteiger partial charge in [-0.25, -0.2) is 34.3 Å². The van der Waals surface area contributed by atoms with Crippen molar-refractivity contribution in [3.63, 3.8) is 0 Å². The monoisotopic (exact) mass is 1350 g/mol. The van der Waals surface area contributed by atoms with Gasteiger partial charge in [0.1, 0.15) is 36.5 Å². The van der Waals surface area contributed by atoms with Crippen molar-refractivity contribution in [2.45, 2.75) is 205 Å². The minimum atomic E-state index is -2.46. The molecule has 3 saturated heterocycles. The molecule has 534 valence electrons. The molecule has 3 amide bonds. The van der Waals surface area contributed by atoms with Gasteiger partial charge < -0.3 is 73.4 Å². The third-order valence-electron chi connectivity index (χ3n) is 20.7. The number of aromatic nitrogens is 4. The number of hydrogen-bond donors (Lipinski definition) is 4. The van der Waals surface area contributed by atoms with Crippen LogP contribution in [0.15, 0.2) is 66.2 Å². The van der Waals surface area contributed by atoms with Crippen LogP contribution in [-0.4, -0.2) is 221 Å². The maximum atomic E-state index is 15.0. The van der Waals surface area contributed by atoms with Crippen LogP contribution in [0.3, 0.4) is 0 Å². The molecule has 17 atom stereocenters. The van der Waals surface area contributed by atoms with Crippen LogP contribution in [0, 0.1) is 35.5 Å². The number of cyclic esters (lactones) is 1. The van der Waals surface area contributed by atoms with E-state index >= 15 is 0 Å². The Morgan fingerprint density at radius 2 is 1.52 bits per heavy atom. The van der Waals surface area contributed by atoms with Crippen LogP contribution in [0.25, 0.3) is 0 Å². The summed E-state index contributed by atoms with van der Waals surface area (Å²) in [4.78, 5) is 121. The first-order chi connectivity index (χ1) is 46.3. The van der Waals surface area contributed by atoms with Crippen LogP contribution in [0.4, 0.5) is 16.7 Å². The molecular formula is C71H103N9O17. The number of hydrogen-bond acceptors (Lipinski definition) is 22. The number of amides is 3. The van der Waals surface area contributed by atoms with E-state index in [9.17, 15) is 48.9 Å². The quantitative estimate of drug-likeness (QED) is 0.0994. The molecule has 5 aliphatic heterocycles. The van der Waals surface area contributed by atoms with E-state index in [-0.39, 0.29) is 80.0 Å². The molecular weight excluding hydrogens is 1250 g/mol. The van der Waals surface area contributed by atoms with Crippen LogP contribution in [0.2, 0.25) is 0 Å². The van der Waals surface area contributed by atoms with Gasteiger partial charge >= 0.3 is 18.0 Å². The van der Waals surface area contributed by atoms with Crippen LogP contribution in [0.5, 0.6) is 0 Å². The zero-order chi connectivity index (χ0) is 70.4. The highest BCUT2D eigenvalue weighted by Crippen LogP contribution is 2.39. The van der Waals surface area contributed by atoms with Crippen molar-refractivity contribution in [2.75, 3.05) is 78.0 Å². The Kier molecular flexibility index (Phi) is 27.0. The van der Waals surface area contributed by atoms with Gasteiger partial charge in [0.05, 0.1) is 48.8 Å². The lowest BCUT2D eigenvalue weighted by Gasteiger charge is -2.43. The number of Topliss-reactive ketones (excluding diaryl/α,β-unsaturated/α-hetero) is 2. The topological polar surface area (TPSA) is 321 Å².